The van der Waals surface area contributed by atoms with Gasteiger partial charge in [0.25, 0.3) is 0 Å². The molecule has 0 unspecified atom stereocenters. The molecule has 10 nitrogen and oxygen atoms in total. The van der Waals surface area contributed by atoms with Gasteiger partial charge in [-0.25, -0.2) is 9.37 Å². The molecule has 0 radical (unpaired) electrons. The zero-order chi connectivity index (χ0) is 25.5. The van der Waals surface area contributed by atoms with Crippen molar-refractivity contribution in [1.29, 1.82) is 0 Å². The van der Waals surface area contributed by atoms with Gasteiger partial charge in [0.2, 0.25) is 5.91 Å². The van der Waals surface area contributed by atoms with Gasteiger partial charge in [0.1, 0.15) is 17.3 Å². The maximum atomic E-state index is 13.9. The average Bonchev–Trinajstić information content (AvgIpc) is 3.51. The zero-order valence-electron chi connectivity index (χ0n) is 19.5. The fourth-order valence-corrected chi connectivity index (χ4v) is 4.14. The summed E-state index contributed by atoms with van der Waals surface area (Å²) >= 11 is 0. The summed E-state index contributed by atoms with van der Waals surface area (Å²) in [5, 5.41) is 20.8. The topological polar surface area (TPSA) is 145 Å². The standard InChI is InChI=1S/C26H19FN8O2/c1-2-23(37)31-16-4-14(8-28-9-16)20-7-18-21(12-30-20)34-35-25(18)26-32-22-11-29-10-19(24(22)33-26)13-3-15(27)6-17(36)5-13/h3-12,36H,2H2,1H3,(H,31,37)(H,32,33)(H,34,35). The van der Waals surface area contributed by atoms with Gasteiger partial charge in [-0.2, -0.15) is 5.10 Å². The number of aromatic nitrogens is 7. The van der Waals surface area contributed by atoms with Crippen molar-refractivity contribution in [2.45, 2.75) is 13.3 Å². The molecule has 0 saturated heterocycles. The molecule has 0 aliphatic heterocycles. The van der Waals surface area contributed by atoms with Crippen LogP contribution in [0.2, 0.25) is 0 Å². The number of H-pyrrole nitrogens is 2. The number of nitrogens with one attached hydrogen (secondary N) is 3. The van der Waals surface area contributed by atoms with E-state index in [4.69, 9.17) is 4.98 Å². The normalized spacial score (nSPS) is 11.3. The summed E-state index contributed by atoms with van der Waals surface area (Å²) in [5.74, 6) is -0.371. The largest absolute Gasteiger partial charge is 0.508 e. The predicted octanol–water partition coefficient (Wildman–Crippen LogP) is 4.82. The fraction of sp³-hybridized carbons (Fsp3) is 0.0769. The zero-order valence-corrected chi connectivity index (χ0v) is 19.5. The molecule has 37 heavy (non-hydrogen) atoms. The molecule has 0 aliphatic carbocycles. The summed E-state index contributed by atoms with van der Waals surface area (Å²) < 4.78 is 13.9. The second-order valence-electron chi connectivity index (χ2n) is 8.42. The van der Waals surface area contributed by atoms with Crippen LogP contribution >= 0.6 is 0 Å². The first-order valence-corrected chi connectivity index (χ1v) is 11.4. The number of anilines is 1. The first kappa shape index (κ1) is 22.3. The van der Waals surface area contributed by atoms with Crippen LogP contribution in [-0.2, 0) is 4.79 Å². The second-order valence-corrected chi connectivity index (χ2v) is 8.42. The lowest BCUT2D eigenvalue weighted by molar-refractivity contribution is -0.115. The molecule has 182 valence electrons. The number of phenols is 1. The molecule has 4 N–H and O–H groups in total. The van der Waals surface area contributed by atoms with E-state index >= 15 is 0 Å². The fourth-order valence-electron chi connectivity index (χ4n) is 4.14. The van der Waals surface area contributed by atoms with Crippen LogP contribution < -0.4 is 5.32 Å². The van der Waals surface area contributed by atoms with Gasteiger partial charge in [-0.15, -0.1) is 0 Å². The highest BCUT2D eigenvalue weighted by atomic mass is 19.1. The SMILES string of the molecule is CCC(=O)Nc1cncc(-c2cc3c(-c4nc5c(-c6cc(O)cc(F)c6)cncc5[nH]4)n[nH]c3cn2)c1. The van der Waals surface area contributed by atoms with E-state index in [2.05, 4.69) is 35.5 Å². The van der Waals surface area contributed by atoms with Crippen LogP contribution in [0, 0.1) is 5.82 Å². The van der Waals surface area contributed by atoms with E-state index in [1.807, 2.05) is 12.1 Å². The molecule has 0 bridgehead atoms. The Kier molecular flexibility index (Phi) is 5.29. The van der Waals surface area contributed by atoms with Crippen molar-refractivity contribution in [1.82, 2.24) is 35.1 Å². The van der Waals surface area contributed by atoms with Crippen molar-refractivity contribution < 1.29 is 14.3 Å². The first-order valence-electron chi connectivity index (χ1n) is 11.4. The van der Waals surface area contributed by atoms with Gasteiger partial charge in [0, 0.05) is 41.4 Å². The Hall–Kier alpha value is -5.19. The highest BCUT2D eigenvalue weighted by molar-refractivity contribution is 5.97. The number of carbonyl (C=O) groups excluding carboxylic acids is 1. The van der Waals surface area contributed by atoms with Crippen LogP contribution in [0.4, 0.5) is 10.1 Å². The molecular formula is C26H19FN8O2. The van der Waals surface area contributed by atoms with Gasteiger partial charge in [-0.1, -0.05) is 6.92 Å². The van der Waals surface area contributed by atoms with Crippen LogP contribution in [0.3, 0.4) is 0 Å². The first-order chi connectivity index (χ1) is 18.0. The van der Waals surface area contributed by atoms with Crippen molar-refractivity contribution in [2.75, 3.05) is 5.32 Å². The predicted molar refractivity (Wildman–Crippen MR) is 136 cm³/mol. The average molecular weight is 494 g/mol. The Morgan fingerprint density at radius 1 is 1.00 bits per heavy atom. The number of phenolic OH excluding ortho intramolecular Hbond substituents is 1. The van der Waals surface area contributed by atoms with Gasteiger partial charge in [-0.05, 0) is 29.8 Å². The highest BCUT2D eigenvalue weighted by Gasteiger charge is 2.17. The monoisotopic (exact) mass is 494 g/mol. The molecular weight excluding hydrogens is 475 g/mol. The Bertz CT molecular complexity index is 1790. The van der Waals surface area contributed by atoms with E-state index in [1.165, 1.54) is 12.1 Å². The van der Waals surface area contributed by atoms with Gasteiger partial charge in [0.15, 0.2) is 5.82 Å². The number of nitrogens with zero attached hydrogens (tertiary/aromatic N) is 5. The molecule has 0 atom stereocenters. The smallest absolute Gasteiger partial charge is 0.224 e. The molecule has 1 amide bonds. The molecule has 11 heteroatoms. The lowest BCUT2D eigenvalue weighted by Crippen LogP contribution is -2.09. The molecule has 0 spiro atoms. The second kappa shape index (κ2) is 8.79. The molecule has 5 heterocycles. The number of fused-ring (bicyclic) bond motifs is 2. The van der Waals surface area contributed by atoms with E-state index in [0.29, 0.717) is 57.0 Å². The number of halogens is 1. The number of hydrogen-bond acceptors (Lipinski definition) is 7. The van der Waals surface area contributed by atoms with Crippen molar-refractivity contribution in [3.8, 4) is 39.7 Å². The summed E-state index contributed by atoms with van der Waals surface area (Å²) in [7, 11) is 0. The molecule has 1 aromatic carbocycles. The highest BCUT2D eigenvalue weighted by Crippen LogP contribution is 2.33. The van der Waals surface area contributed by atoms with Crippen LogP contribution in [0.15, 0.2) is 61.3 Å². The molecule has 5 aromatic heterocycles. The third-order valence-corrected chi connectivity index (χ3v) is 5.90. The minimum atomic E-state index is -0.561. The molecule has 6 aromatic rings. The van der Waals surface area contributed by atoms with E-state index < -0.39 is 5.82 Å². The van der Waals surface area contributed by atoms with Crippen molar-refractivity contribution in [3.63, 3.8) is 0 Å². The van der Waals surface area contributed by atoms with Gasteiger partial charge >= 0.3 is 0 Å². The molecule has 0 aliphatic rings. The molecule has 6 rings (SSSR count). The lowest BCUT2D eigenvalue weighted by Gasteiger charge is -2.06. The van der Waals surface area contributed by atoms with Crippen molar-refractivity contribution >= 4 is 33.5 Å². The number of amides is 1. The van der Waals surface area contributed by atoms with E-state index in [9.17, 15) is 14.3 Å². The maximum Gasteiger partial charge on any atom is 0.224 e. The van der Waals surface area contributed by atoms with Gasteiger partial charge in [0.05, 0.1) is 46.5 Å². The minimum absolute atomic E-state index is 0.105. The molecule has 0 saturated carbocycles. The summed E-state index contributed by atoms with van der Waals surface area (Å²) in [4.78, 5) is 32.7. The number of imidazole rings is 1. The van der Waals surface area contributed by atoms with E-state index in [0.717, 1.165) is 17.0 Å². The Balaban J connectivity index is 1.43. The van der Waals surface area contributed by atoms with Gasteiger partial charge in [-0.3, -0.25) is 24.8 Å². The third-order valence-electron chi connectivity index (χ3n) is 5.90. The number of aromatic amines is 2. The Morgan fingerprint density at radius 3 is 2.70 bits per heavy atom. The van der Waals surface area contributed by atoms with E-state index in [1.54, 1.807) is 37.9 Å². The number of hydrogen-bond donors (Lipinski definition) is 4. The summed E-state index contributed by atoms with van der Waals surface area (Å²) in [6, 6.07) is 7.49. The van der Waals surface area contributed by atoms with E-state index in [-0.39, 0.29) is 11.7 Å². The number of rotatable bonds is 5. The van der Waals surface area contributed by atoms with Crippen molar-refractivity contribution in [2.24, 2.45) is 0 Å². The number of aromatic hydroxyl groups is 1. The van der Waals surface area contributed by atoms with Crippen LogP contribution in [-0.4, -0.2) is 46.1 Å². The number of carbonyl (C=O) groups is 1. The quantitative estimate of drug-likeness (QED) is 0.269. The summed E-state index contributed by atoms with van der Waals surface area (Å²) in [6.07, 6.45) is 8.48. The van der Waals surface area contributed by atoms with Gasteiger partial charge < -0.3 is 15.4 Å². The number of benzene rings is 1. The van der Waals surface area contributed by atoms with Crippen LogP contribution in [0.25, 0.3) is 55.8 Å². The summed E-state index contributed by atoms with van der Waals surface area (Å²) in [6.45, 7) is 1.78. The molecule has 0 fully saturated rings. The third kappa shape index (κ3) is 4.12. The lowest BCUT2D eigenvalue weighted by atomic mass is 10.1. The van der Waals surface area contributed by atoms with Crippen molar-refractivity contribution in [3.05, 3.63) is 67.1 Å². The maximum absolute atomic E-state index is 13.9. The Morgan fingerprint density at radius 2 is 1.86 bits per heavy atom. The van der Waals surface area contributed by atoms with Crippen LogP contribution in [0.1, 0.15) is 13.3 Å². The summed E-state index contributed by atoms with van der Waals surface area (Å²) in [5.41, 5.74) is 5.42. The number of pyridine rings is 3. The Labute approximate surface area is 208 Å². The van der Waals surface area contributed by atoms with Crippen LogP contribution in [0.5, 0.6) is 5.75 Å². The minimum Gasteiger partial charge on any atom is -0.508 e.